The smallest absolute Gasteiger partial charge is 0.317 e. The van der Waals surface area contributed by atoms with Crippen molar-refractivity contribution in [3.8, 4) is 0 Å². The molecule has 2 saturated heterocycles. The molecule has 0 radical (unpaired) electrons. The Morgan fingerprint density at radius 1 is 1.38 bits per heavy atom. The average molecular weight is 298 g/mol. The van der Waals surface area contributed by atoms with Crippen molar-refractivity contribution in [3.63, 3.8) is 0 Å². The Kier molecular flexibility index (Phi) is 6.30. The first-order chi connectivity index (χ1) is 10.1. The molecular formula is C16H30N2O3. The van der Waals surface area contributed by atoms with Gasteiger partial charge in [-0.2, -0.15) is 0 Å². The zero-order valence-corrected chi connectivity index (χ0v) is 13.5. The van der Waals surface area contributed by atoms with Gasteiger partial charge in [0.05, 0.1) is 24.9 Å². The summed E-state index contributed by atoms with van der Waals surface area (Å²) in [6.45, 7) is 7.82. The van der Waals surface area contributed by atoms with Crippen LogP contribution in [0.5, 0.6) is 0 Å². The van der Waals surface area contributed by atoms with Gasteiger partial charge in [-0.3, -0.25) is 0 Å². The summed E-state index contributed by atoms with van der Waals surface area (Å²) in [5.41, 5.74) is -0.189. The first-order valence-electron chi connectivity index (χ1n) is 8.41. The molecule has 0 aromatic rings. The number of morpholine rings is 1. The monoisotopic (exact) mass is 298 g/mol. The summed E-state index contributed by atoms with van der Waals surface area (Å²) >= 11 is 0. The highest BCUT2D eigenvalue weighted by atomic mass is 16.5. The minimum Gasteiger partial charge on any atom is -0.378 e. The molecule has 0 aliphatic carbocycles. The number of carbonyl (C=O) groups excluding carboxylic acids is 1. The van der Waals surface area contributed by atoms with Crippen molar-refractivity contribution in [1.29, 1.82) is 0 Å². The Morgan fingerprint density at radius 3 is 2.95 bits per heavy atom. The van der Waals surface area contributed by atoms with Crippen LogP contribution in [0.3, 0.4) is 0 Å². The molecule has 122 valence electrons. The number of hydrogen-bond acceptors (Lipinski definition) is 3. The van der Waals surface area contributed by atoms with Gasteiger partial charge in [0.25, 0.3) is 0 Å². The fourth-order valence-electron chi connectivity index (χ4n) is 2.99. The predicted octanol–water partition coefficient (Wildman–Crippen LogP) is 2.55. The van der Waals surface area contributed by atoms with Gasteiger partial charge in [-0.05, 0) is 45.4 Å². The van der Waals surface area contributed by atoms with Crippen molar-refractivity contribution in [2.45, 2.75) is 64.1 Å². The molecule has 2 amide bonds. The lowest BCUT2D eigenvalue weighted by Gasteiger charge is -2.39. The number of nitrogens with zero attached hydrogens (tertiary/aromatic N) is 1. The zero-order valence-electron chi connectivity index (χ0n) is 13.5. The molecule has 0 saturated carbocycles. The summed E-state index contributed by atoms with van der Waals surface area (Å²) in [5.74, 6) is 0. The molecule has 0 spiro atoms. The van der Waals surface area contributed by atoms with Crippen LogP contribution in [0.4, 0.5) is 4.79 Å². The third-order valence-electron chi connectivity index (χ3n) is 4.63. The van der Waals surface area contributed by atoms with Crippen LogP contribution in [0.15, 0.2) is 0 Å². The van der Waals surface area contributed by atoms with E-state index in [0.717, 1.165) is 32.4 Å². The lowest BCUT2D eigenvalue weighted by atomic mass is 10.0. The Bertz CT molecular complexity index is 331. The summed E-state index contributed by atoms with van der Waals surface area (Å²) in [4.78, 5) is 14.1. The number of urea groups is 1. The maximum absolute atomic E-state index is 12.2. The van der Waals surface area contributed by atoms with Crippen molar-refractivity contribution in [2.75, 3.05) is 32.8 Å². The van der Waals surface area contributed by atoms with Crippen LogP contribution < -0.4 is 5.32 Å². The molecule has 2 unspecified atom stereocenters. The molecular weight excluding hydrogens is 268 g/mol. The van der Waals surface area contributed by atoms with Gasteiger partial charge in [0, 0.05) is 19.7 Å². The van der Waals surface area contributed by atoms with E-state index in [4.69, 9.17) is 9.47 Å². The van der Waals surface area contributed by atoms with Crippen LogP contribution in [0.1, 0.15) is 52.4 Å². The highest BCUT2D eigenvalue weighted by molar-refractivity contribution is 5.74. The van der Waals surface area contributed by atoms with E-state index in [1.165, 1.54) is 19.3 Å². The van der Waals surface area contributed by atoms with Gasteiger partial charge in [0.2, 0.25) is 0 Å². The summed E-state index contributed by atoms with van der Waals surface area (Å²) < 4.78 is 11.5. The van der Waals surface area contributed by atoms with E-state index >= 15 is 0 Å². The van der Waals surface area contributed by atoms with Crippen LogP contribution in [-0.2, 0) is 9.47 Å². The molecule has 5 nitrogen and oxygen atoms in total. The van der Waals surface area contributed by atoms with Crippen LogP contribution in [0, 0.1) is 0 Å². The molecule has 2 heterocycles. The highest BCUT2D eigenvalue weighted by Crippen LogP contribution is 2.21. The fraction of sp³-hybridized carbons (Fsp3) is 0.938. The van der Waals surface area contributed by atoms with Gasteiger partial charge in [-0.25, -0.2) is 4.79 Å². The largest absolute Gasteiger partial charge is 0.378 e. The van der Waals surface area contributed by atoms with E-state index in [1.54, 1.807) is 0 Å². The van der Waals surface area contributed by atoms with Gasteiger partial charge < -0.3 is 19.7 Å². The standard InChI is InChI=1S/C16H30N2O3/c1-3-16(2)13-18(10-12-21-16)15(19)17-9-6-8-14-7-4-5-11-20-14/h14H,3-13H2,1-2H3,(H,17,19). The first-order valence-corrected chi connectivity index (χ1v) is 8.41. The molecule has 0 bridgehead atoms. The van der Waals surface area contributed by atoms with E-state index in [-0.39, 0.29) is 11.6 Å². The molecule has 2 atom stereocenters. The maximum Gasteiger partial charge on any atom is 0.317 e. The van der Waals surface area contributed by atoms with Crippen molar-refractivity contribution >= 4 is 6.03 Å². The normalized spacial score (nSPS) is 30.2. The van der Waals surface area contributed by atoms with Crippen molar-refractivity contribution in [1.82, 2.24) is 10.2 Å². The Labute approximate surface area is 128 Å². The Hall–Kier alpha value is -0.810. The first kappa shape index (κ1) is 16.6. The highest BCUT2D eigenvalue weighted by Gasteiger charge is 2.32. The second-order valence-corrected chi connectivity index (χ2v) is 6.44. The molecule has 0 aromatic carbocycles. The number of ether oxygens (including phenoxy) is 2. The summed E-state index contributed by atoms with van der Waals surface area (Å²) in [6.07, 6.45) is 7.02. The van der Waals surface area contributed by atoms with Gasteiger partial charge >= 0.3 is 6.03 Å². The molecule has 5 heteroatoms. The molecule has 0 aromatic heterocycles. The summed E-state index contributed by atoms with van der Waals surface area (Å²) in [7, 11) is 0. The van der Waals surface area contributed by atoms with Crippen molar-refractivity contribution < 1.29 is 14.3 Å². The van der Waals surface area contributed by atoms with Gasteiger partial charge in [0.1, 0.15) is 0 Å². The van der Waals surface area contributed by atoms with Gasteiger partial charge in [-0.15, -0.1) is 0 Å². The number of hydrogen-bond donors (Lipinski definition) is 1. The number of nitrogens with one attached hydrogen (secondary N) is 1. The van der Waals surface area contributed by atoms with Crippen LogP contribution in [0.2, 0.25) is 0 Å². The molecule has 2 aliphatic heterocycles. The molecule has 2 rings (SSSR count). The summed E-state index contributed by atoms with van der Waals surface area (Å²) in [6, 6.07) is 0.0440. The van der Waals surface area contributed by atoms with Crippen LogP contribution in [-0.4, -0.2) is 55.5 Å². The quantitative estimate of drug-likeness (QED) is 0.794. The van der Waals surface area contributed by atoms with Gasteiger partial charge in [0.15, 0.2) is 0 Å². The lowest BCUT2D eigenvalue weighted by molar-refractivity contribution is -0.0872. The van der Waals surface area contributed by atoms with E-state index in [0.29, 0.717) is 25.8 Å². The molecule has 2 aliphatic rings. The van der Waals surface area contributed by atoms with Crippen molar-refractivity contribution in [3.05, 3.63) is 0 Å². The number of amides is 2. The predicted molar refractivity (Wildman–Crippen MR) is 82.4 cm³/mol. The average Bonchev–Trinajstić information content (AvgIpc) is 2.52. The lowest BCUT2D eigenvalue weighted by Crippen LogP contribution is -2.54. The second-order valence-electron chi connectivity index (χ2n) is 6.44. The molecule has 2 fully saturated rings. The van der Waals surface area contributed by atoms with E-state index in [1.807, 2.05) is 4.90 Å². The minimum absolute atomic E-state index is 0.0440. The zero-order chi connectivity index (χ0) is 15.1. The SMILES string of the molecule is CCC1(C)CN(C(=O)NCCCC2CCCCO2)CCO1. The van der Waals surface area contributed by atoms with E-state index in [2.05, 4.69) is 19.2 Å². The van der Waals surface area contributed by atoms with E-state index < -0.39 is 0 Å². The van der Waals surface area contributed by atoms with Crippen LogP contribution >= 0.6 is 0 Å². The second kappa shape index (κ2) is 7.99. The minimum atomic E-state index is -0.189. The molecule has 21 heavy (non-hydrogen) atoms. The van der Waals surface area contributed by atoms with Crippen LogP contribution in [0.25, 0.3) is 0 Å². The third-order valence-corrected chi connectivity index (χ3v) is 4.63. The third kappa shape index (κ3) is 5.15. The Morgan fingerprint density at radius 2 is 2.24 bits per heavy atom. The maximum atomic E-state index is 12.2. The number of carbonyl (C=O) groups is 1. The van der Waals surface area contributed by atoms with Gasteiger partial charge in [-0.1, -0.05) is 6.92 Å². The molecule has 1 N–H and O–H groups in total. The topological polar surface area (TPSA) is 50.8 Å². The van der Waals surface area contributed by atoms with Crippen molar-refractivity contribution in [2.24, 2.45) is 0 Å². The van der Waals surface area contributed by atoms with E-state index in [9.17, 15) is 4.79 Å². The Balaban J connectivity index is 1.62. The summed E-state index contributed by atoms with van der Waals surface area (Å²) in [5, 5.41) is 3.03. The fourth-order valence-corrected chi connectivity index (χ4v) is 2.99. The number of rotatable bonds is 5.